The average Bonchev–Trinajstić information content (AvgIpc) is 2.11. The summed E-state index contributed by atoms with van der Waals surface area (Å²) in [5, 5.41) is 0.395. The summed E-state index contributed by atoms with van der Waals surface area (Å²) >= 11 is 11.2. The second-order valence-corrected chi connectivity index (χ2v) is 3.58. The second kappa shape index (κ2) is 4.87. The van der Waals surface area contributed by atoms with E-state index in [1.807, 2.05) is 0 Å². The summed E-state index contributed by atoms with van der Waals surface area (Å²) in [6, 6.07) is 0.285. The van der Waals surface area contributed by atoms with E-state index < -0.39 is 12.5 Å². The van der Waals surface area contributed by atoms with Crippen molar-refractivity contribution in [1.29, 1.82) is 0 Å². The molecule has 0 spiro atoms. The molecule has 0 amide bonds. The van der Waals surface area contributed by atoms with E-state index in [1.165, 1.54) is 12.3 Å². The van der Waals surface area contributed by atoms with Gasteiger partial charge in [0.25, 0.3) is 6.43 Å². The van der Waals surface area contributed by atoms with Gasteiger partial charge in [-0.25, -0.2) is 13.8 Å². The molecule has 2 N–H and O–H groups in total. The van der Waals surface area contributed by atoms with Crippen molar-refractivity contribution >= 4 is 23.2 Å². The summed E-state index contributed by atoms with van der Waals surface area (Å²) in [6.07, 6.45) is -1.14. The third-order valence-corrected chi connectivity index (χ3v) is 2.33. The largest absolute Gasteiger partial charge is 0.323 e. The van der Waals surface area contributed by atoms with Gasteiger partial charge in [-0.05, 0) is 18.1 Å². The molecule has 1 rings (SSSR count). The molecule has 0 bridgehead atoms. The molecule has 78 valence electrons. The molecule has 0 aliphatic carbocycles. The van der Waals surface area contributed by atoms with Crippen molar-refractivity contribution in [1.82, 2.24) is 4.98 Å². The van der Waals surface area contributed by atoms with Gasteiger partial charge in [0.15, 0.2) is 0 Å². The summed E-state index contributed by atoms with van der Waals surface area (Å²) in [5.74, 6) is 0. The second-order valence-electron chi connectivity index (χ2n) is 2.82. The molecule has 0 radical (unpaired) electrons. The molecule has 0 fully saturated rings. The van der Waals surface area contributed by atoms with E-state index in [0.717, 1.165) is 0 Å². The first-order valence-electron chi connectivity index (χ1n) is 3.84. The first-order valence-corrected chi connectivity index (χ1v) is 4.60. The minimum absolute atomic E-state index is 0.0293. The van der Waals surface area contributed by atoms with E-state index in [-0.39, 0.29) is 16.6 Å². The van der Waals surface area contributed by atoms with Gasteiger partial charge in [-0.1, -0.05) is 23.2 Å². The van der Waals surface area contributed by atoms with E-state index in [1.54, 1.807) is 0 Å². The molecule has 1 atom stereocenters. The molecule has 1 aromatic heterocycles. The van der Waals surface area contributed by atoms with Crippen LogP contribution < -0.4 is 5.73 Å². The number of alkyl halides is 2. The van der Waals surface area contributed by atoms with Crippen molar-refractivity contribution in [2.45, 2.75) is 18.9 Å². The highest BCUT2D eigenvalue weighted by Crippen LogP contribution is 2.20. The lowest BCUT2D eigenvalue weighted by Gasteiger charge is -2.09. The molecule has 0 aliphatic rings. The minimum Gasteiger partial charge on any atom is -0.323 e. The molecule has 14 heavy (non-hydrogen) atoms. The smallest absolute Gasteiger partial charge is 0.253 e. The number of nitrogens with zero attached hydrogens (tertiary/aromatic N) is 1. The van der Waals surface area contributed by atoms with Crippen LogP contribution in [0.3, 0.4) is 0 Å². The van der Waals surface area contributed by atoms with Crippen LogP contribution in [-0.4, -0.2) is 17.5 Å². The van der Waals surface area contributed by atoms with Gasteiger partial charge in [0.1, 0.15) is 5.15 Å². The molecule has 0 saturated heterocycles. The lowest BCUT2D eigenvalue weighted by molar-refractivity contribution is 0.116. The lowest BCUT2D eigenvalue weighted by atomic mass is 10.1. The Morgan fingerprint density at radius 1 is 1.43 bits per heavy atom. The Balaban J connectivity index is 2.73. The van der Waals surface area contributed by atoms with Gasteiger partial charge in [-0.2, -0.15) is 0 Å². The number of hydrogen-bond donors (Lipinski definition) is 1. The number of rotatable bonds is 3. The highest BCUT2D eigenvalue weighted by molar-refractivity contribution is 6.41. The van der Waals surface area contributed by atoms with Crippen molar-refractivity contribution in [3.63, 3.8) is 0 Å². The summed E-state index contributed by atoms with van der Waals surface area (Å²) in [5.41, 5.74) is 5.73. The topological polar surface area (TPSA) is 38.9 Å². The minimum atomic E-state index is -2.55. The Morgan fingerprint density at radius 3 is 2.57 bits per heavy atom. The third kappa shape index (κ3) is 3.04. The number of aromatic nitrogens is 1. The van der Waals surface area contributed by atoms with E-state index in [0.29, 0.717) is 5.56 Å². The zero-order chi connectivity index (χ0) is 10.7. The monoisotopic (exact) mass is 240 g/mol. The number of nitrogens with two attached hydrogens (primary N) is 1. The molecule has 1 unspecified atom stereocenters. The van der Waals surface area contributed by atoms with Gasteiger partial charge in [0.05, 0.1) is 11.1 Å². The highest BCUT2D eigenvalue weighted by atomic mass is 35.5. The lowest BCUT2D eigenvalue weighted by Crippen LogP contribution is -2.30. The summed E-state index contributed by atoms with van der Waals surface area (Å²) in [7, 11) is 0. The molecular formula is C8H8Cl2F2N2. The first-order chi connectivity index (χ1) is 6.50. The zero-order valence-corrected chi connectivity index (χ0v) is 8.56. The highest BCUT2D eigenvalue weighted by Gasteiger charge is 2.16. The fourth-order valence-corrected chi connectivity index (χ4v) is 1.23. The van der Waals surface area contributed by atoms with Gasteiger partial charge in [-0.3, -0.25) is 0 Å². The van der Waals surface area contributed by atoms with E-state index in [9.17, 15) is 8.78 Å². The predicted octanol–water partition coefficient (Wildman–Crippen LogP) is 2.52. The van der Waals surface area contributed by atoms with Gasteiger partial charge in [0.2, 0.25) is 0 Å². The maximum absolute atomic E-state index is 12.1. The van der Waals surface area contributed by atoms with E-state index >= 15 is 0 Å². The average molecular weight is 241 g/mol. The fourth-order valence-electron chi connectivity index (χ4n) is 0.934. The summed E-state index contributed by atoms with van der Waals surface area (Å²) in [6.45, 7) is 0. The third-order valence-electron chi connectivity index (χ3n) is 1.65. The molecular weight excluding hydrogens is 233 g/mol. The molecule has 1 heterocycles. The van der Waals surface area contributed by atoms with Gasteiger partial charge in [0, 0.05) is 6.20 Å². The van der Waals surface area contributed by atoms with Gasteiger partial charge < -0.3 is 5.73 Å². The Morgan fingerprint density at radius 2 is 2.07 bits per heavy atom. The molecule has 0 aromatic carbocycles. The van der Waals surface area contributed by atoms with Crippen LogP contribution in [0.1, 0.15) is 5.56 Å². The SMILES string of the molecule is NC(Cc1cnc(Cl)c(Cl)c1)C(F)F. The van der Waals surface area contributed by atoms with Crippen molar-refractivity contribution in [3.05, 3.63) is 28.0 Å². The van der Waals surface area contributed by atoms with Crippen LogP contribution in [0, 0.1) is 0 Å². The predicted molar refractivity (Wildman–Crippen MR) is 51.9 cm³/mol. The Hall–Kier alpha value is -0.450. The summed E-state index contributed by atoms with van der Waals surface area (Å²) in [4.78, 5) is 3.72. The van der Waals surface area contributed by atoms with Crippen LogP contribution in [0.4, 0.5) is 8.78 Å². The van der Waals surface area contributed by atoms with Crippen LogP contribution in [0.25, 0.3) is 0 Å². The van der Waals surface area contributed by atoms with E-state index in [2.05, 4.69) is 4.98 Å². The quantitative estimate of drug-likeness (QED) is 0.825. The van der Waals surface area contributed by atoms with E-state index in [4.69, 9.17) is 28.9 Å². The maximum atomic E-state index is 12.1. The molecule has 0 saturated carbocycles. The van der Waals surface area contributed by atoms with Crippen molar-refractivity contribution < 1.29 is 8.78 Å². The standard InChI is InChI=1S/C8H8Cl2F2N2/c9-5-1-4(3-14-7(5)10)2-6(13)8(11)12/h1,3,6,8H,2,13H2. The Bertz CT molecular complexity index is 320. The zero-order valence-electron chi connectivity index (χ0n) is 7.05. The Labute approximate surface area is 90.0 Å². The van der Waals surface area contributed by atoms with Crippen molar-refractivity contribution in [3.8, 4) is 0 Å². The molecule has 6 heteroatoms. The fraction of sp³-hybridized carbons (Fsp3) is 0.375. The molecule has 2 nitrogen and oxygen atoms in total. The van der Waals surface area contributed by atoms with Crippen molar-refractivity contribution in [2.24, 2.45) is 5.73 Å². The number of hydrogen-bond acceptors (Lipinski definition) is 2. The van der Waals surface area contributed by atoms with Gasteiger partial charge in [-0.15, -0.1) is 0 Å². The van der Waals surface area contributed by atoms with Gasteiger partial charge >= 0.3 is 0 Å². The van der Waals surface area contributed by atoms with Crippen molar-refractivity contribution in [2.75, 3.05) is 0 Å². The number of pyridine rings is 1. The number of halogens is 4. The van der Waals surface area contributed by atoms with Crippen LogP contribution in [0.15, 0.2) is 12.3 Å². The Kier molecular flexibility index (Phi) is 4.04. The molecule has 0 aliphatic heterocycles. The normalized spacial score (nSPS) is 13.3. The van der Waals surface area contributed by atoms with Crippen LogP contribution in [-0.2, 0) is 6.42 Å². The maximum Gasteiger partial charge on any atom is 0.253 e. The molecule has 1 aromatic rings. The van der Waals surface area contributed by atoms with Crippen LogP contribution in [0.5, 0.6) is 0 Å². The first kappa shape index (κ1) is 11.6. The van der Waals surface area contributed by atoms with Crippen LogP contribution >= 0.6 is 23.2 Å². The summed E-state index contributed by atoms with van der Waals surface area (Å²) < 4.78 is 24.2. The van der Waals surface area contributed by atoms with Crippen LogP contribution in [0.2, 0.25) is 10.2 Å².